The van der Waals surface area contributed by atoms with Gasteiger partial charge in [-0.05, 0) is 49.9 Å². The van der Waals surface area contributed by atoms with Gasteiger partial charge in [-0.25, -0.2) is 17.5 Å². The van der Waals surface area contributed by atoms with E-state index in [1.165, 1.54) is 0 Å². The molecule has 2 aromatic carbocycles. The predicted molar refractivity (Wildman–Crippen MR) is 90.9 cm³/mol. The number of hydrogen-bond acceptors (Lipinski definition) is 2. The maximum atomic E-state index is 14.4. The summed E-state index contributed by atoms with van der Waals surface area (Å²) < 4.78 is 41.8. The smallest absolute Gasteiger partial charge is 0.241 e. The molecule has 0 spiro atoms. The van der Waals surface area contributed by atoms with Crippen molar-refractivity contribution in [3.05, 3.63) is 64.2 Å². The molecule has 0 aliphatic rings. The minimum Gasteiger partial charge on any atom is -0.241 e. The van der Waals surface area contributed by atoms with Crippen molar-refractivity contribution in [1.82, 2.24) is 4.72 Å². The second-order valence-electron chi connectivity index (χ2n) is 5.90. The van der Waals surface area contributed by atoms with Crippen LogP contribution in [-0.4, -0.2) is 15.0 Å². The second kappa shape index (κ2) is 6.81. The fourth-order valence-corrected chi connectivity index (χ4v) is 4.37. The zero-order valence-corrected chi connectivity index (χ0v) is 14.7. The molecule has 1 N–H and O–H groups in total. The Morgan fingerprint density at radius 1 is 1.00 bits per heavy atom. The summed E-state index contributed by atoms with van der Waals surface area (Å²) in [5, 5.41) is 0. The van der Waals surface area contributed by atoms with Crippen LogP contribution in [-0.2, 0) is 10.0 Å². The Labute approximate surface area is 137 Å². The summed E-state index contributed by atoms with van der Waals surface area (Å²) in [5.74, 6) is 0. The van der Waals surface area contributed by atoms with Gasteiger partial charge in [0.05, 0.1) is 4.90 Å². The molecule has 0 saturated heterocycles. The van der Waals surface area contributed by atoms with Crippen LogP contribution in [0.5, 0.6) is 0 Å². The number of benzene rings is 2. The van der Waals surface area contributed by atoms with Gasteiger partial charge in [0.2, 0.25) is 10.0 Å². The molecule has 5 heteroatoms. The number of hydrogen-bond donors (Lipinski definition) is 1. The van der Waals surface area contributed by atoms with E-state index in [1.807, 2.05) is 38.1 Å². The van der Waals surface area contributed by atoms with Gasteiger partial charge in [0, 0.05) is 6.54 Å². The molecule has 2 rings (SSSR count). The molecule has 0 bridgehead atoms. The second-order valence-corrected chi connectivity index (χ2v) is 7.61. The Morgan fingerprint density at radius 3 is 2.13 bits per heavy atom. The minimum atomic E-state index is -3.74. The van der Waals surface area contributed by atoms with Crippen LogP contribution >= 0.6 is 0 Å². The zero-order valence-electron chi connectivity index (χ0n) is 13.9. The molecule has 0 saturated carbocycles. The number of sulfonamides is 1. The van der Waals surface area contributed by atoms with E-state index >= 15 is 0 Å². The highest BCUT2D eigenvalue weighted by atomic mass is 32.2. The summed E-state index contributed by atoms with van der Waals surface area (Å²) in [7, 11) is -3.74. The van der Waals surface area contributed by atoms with Gasteiger partial charge in [0.1, 0.15) is 6.17 Å². The van der Waals surface area contributed by atoms with Crippen LogP contribution in [0.3, 0.4) is 0 Å². The highest BCUT2D eigenvalue weighted by Gasteiger charge is 2.22. The summed E-state index contributed by atoms with van der Waals surface area (Å²) in [6, 6.07) is 10.7. The van der Waals surface area contributed by atoms with Gasteiger partial charge in [0.15, 0.2) is 0 Å². The summed E-state index contributed by atoms with van der Waals surface area (Å²) >= 11 is 0. The third-order valence-corrected chi connectivity index (χ3v) is 5.58. The topological polar surface area (TPSA) is 46.2 Å². The predicted octanol–water partition coefficient (Wildman–Crippen LogP) is 3.91. The monoisotopic (exact) mass is 335 g/mol. The molecule has 0 amide bonds. The van der Waals surface area contributed by atoms with Crippen molar-refractivity contribution < 1.29 is 12.8 Å². The molecular formula is C18H22FNO2S. The molecule has 0 unspecified atom stereocenters. The largest absolute Gasteiger partial charge is 0.241 e. The number of nitrogens with one attached hydrogen (secondary N) is 1. The minimum absolute atomic E-state index is 0.236. The van der Waals surface area contributed by atoms with E-state index in [-0.39, 0.29) is 11.4 Å². The van der Waals surface area contributed by atoms with Crippen molar-refractivity contribution in [2.45, 2.75) is 38.8 Å². The lowest BCUT2D eigenvalue weighted by atomic mass is 10.1. The number of aryl methyl sites for hydroxylation is 4. The first-order valence-electron chi connectivity index (χ1n) is 7.49. The van der Waals surface area contributed by atoms with Crippen LogP contribution in [0, 0.1) is 27.7 Å². The first kappa shape index (κ1) is 17.6. The molecule has 1 atom stereocenters. The molecular weight excluding hydrogens is 313 g/mol. The Hall–Kier alpha value is -1.72. The normalized spacial score (nSPS) is 13.1. The Balaban J connectivity index is 2.22. The molecule has 0 radical (unpaired) electrons. The van der Waals surface area contributed by atoms with Crippen molar-refractivity contribution >= 4 is 10.0 Å². The highest BCUT2D eigenvalue weighted by molar-refractivity contribution is 7.89. The van der Waals surface area contributed by atoms with Gasteiger partial charge in [-0.15, -0.1) is 0 Å². The third-order valence-electron chi connectivity index (χ3n) is 3.85. The summed E-state index contributed by atoms with van der Waals surface area (Å²) in [6.45, 7) is 6.95. The molecule has 124 valence electrons. The van der Waals surface area contributed by atoms with Crippen LogP contribution in [0.1, 0.15) is 34.0 Å². The van der Waals surface area contributed by atoms with Crippen LogP contribution < -0.4 is 4.72 Å². The van der Waals surface area contributed by atoms with Crippen molar-refractivity contribution in [1.29, 1.82) is 0 Å². The Morgan fingerprint density at radius 2 is 1.57 bits per heavy atom. The van der Waals surface area contributed by atoms with Gasteiger partial charge in [-0.3, -0.25) is 0 Å². The molecule has 0 heterocycles. The first-order chi connectivity index (χ1) is 10.7. The van der Waals surface area contributed by atoms with Crippen LogP contribution in [0.25, 0.3) is 0 Å². The molecule has 23 heavy (non-hydrogen) atoms. The van der Waals surface area contributed by atoms with Gasteiger partial charge < -0.3 is 0 Å². The SMILES string of the molecule is Cc1cc(C)c(S(=O)(=O)NC[C@@H](F)c2ccccc2C)c(C)c1. The van der Waals surface area contributed by atoms with Crippen molar-refractivity contribution in [2.75, 3.05) is 6.54 Å². The van der Waals surface area contributed by atoms with Crippen molar-refractivity contribution in [2.24, 2.45) is 0 Å². The fraction of sp³-hybridized carbons (Fsp3) is 0.333. The van der Waals surface area contributed by atoms with Crippen molar-refractivity contribution in [3.8, 4) is 0 Å². The lowest BCUT2D eigenvalue weighted by molar-refractivity contribution is 0.342. The Kier molecular flexibility index (Phi) is 5.22. The van der Waals surface area contributed by atoms with E-state index in [1.54, 1.807) is 26.0 Å². The number of alkyl halides is 1. The standard InChI is InChI=1S/C18H22FNO2S/c1-12-9-14(3)18(15(4)10-12)23(21,22)20-11-17(19)16-8-6-5-7-13(16)2/h5-10,17,20H,11H2,1-4H3/t17-/m1/s1. The maximum Gasteiger partial charge on any atom is 0.241 e. The van der Waals surface area contributed by atoms with Crippen LogP contribution in [0.4, 0.5) is 4.39 Å². The summed E-state index contributed by atoms with van der Waals surface area (Å²) in [5.41, 5.74) is 3.65. The molecule has 0 aromatic heterocycles. The van der Waals surface area contributed by atoms with Crippen LogP contribution in [0.2, 0.25) is 0 Å². The zero-order chi connectivity index (χ0) is 17.2. The van der Waals surface area contributed by atoms with Gasteiger partial charge in [0.25, 0.3) is 0 Å². The quantitative estimate of drug-likeness (QED) is 0.900. The van der Waals surface area contributed by atoms with E-state index in [4.69, 9.17) is 0 Å². The van der Waals surface area contributed by atoms with Gasteiger partial charge in [-0.2, -0.15) is 0 Å². The highest BCUT2D eigenvalue weighted by Crippen LogP contribution is 2.24. The van der Waals surface area contributed by atoms with Crippen molar-refractivity contribution in [3.63, 3.8) is 0 Å². The van der Waals surface area contributed by atoms with Crippen LogP contribution in [0.15, 0.2) is 41.3 Å². The Bertz CT molecular complexity index is 793. The third kappa shape index (κ3) is 3.98. The molecule has 3 nitrogen and oxygen atoms in total. The average Bonchev–Trinajstić information content (AvgIpc) is 2.44. The molecule has 0 aliphatic carbocycles. The lowest BCUT2D eigenvalue weighted by Crippen LogP contribution is -2.28. The lowest BCUT2D eigenvalue weighted by Gasteiger charge is -2.15. The summed E-state index contributed by atoms with van der Waals surface area (Å²) in [4.78, 5) is 0.236. The van der Waals surface area contributed by atoms with E-state index in [0.29, 0.717) is 16.7 Å². The number of rotatable bonds is 5. The number of halogens is 1. The molecule has 2 aromatic rings. The van der Waals surface area contributed by atoms with Gasteiger partial charge in [-0.1, -0.05) is 42.0 Å². The maximum absolute atomic E-state index is 14.4. The molecule has 0 aliphatic heterocycles. The van der Waals surface area contributed by atoms with E-state index in [2.05, 4.69) is 4.72 Å². The van der Waals surface area contributed by atoms with E-state index < -0.39 is 16.2 Å². The van der Waals surface area contributed by atoms with E-state index in [0.717, 1.165) is 11.1 Å². The fourth-order valence-electron chi connectivity index (χ4n) is 2.89. The average molecular weight is 335 g/mol. The van der Waals surface area contributed by atoms with E-state index in [9.17, 15) is 12.8 Å². The molecule has 0 fully saturated rings. The summed E-state index contributed by atoms with van der Waals surface area (Å²) in [6.07, 6.45) is -1.38. The van der Waals surface area contributed by atoms with Gasteiger partial charge >= 0.3 is 0 Å². The first-order valence-corrected chi connectivity index (χ1v) is 8.98.